The number of benzene rings is 4. The summed E-state index contributed by atoms with van der Waals surface area (Å²) in [4.78, 5) is -0.102. The van der Waals surface area contributed by atoms with E-state index in [2.05, 4.69) is 24.6 Å². The van der Waals surface area contributed by atoms with Crippen molar-refractivity contribution in [2.24, 2.45) is 20.5 Å². The van der Waals surface area contributed by atoms with Gasteiger partial charge in [0, 0.05) is 10.8 Å². The number of ether oxygens (including phenoxy) is 1. The van der Waals surface area contributed by atoms with Crippen molar-refractivity contribution in [1.29, 1.82) is 0 Å². The maximum atomic E-state index is 12.4. The fourth-order valence-corrected chi connectivity index (χ4v) is 5.23. The minimum Gasteiger partial charge on any atom is -0.505 e. The number of aryl methyl sites for hydroxylation is 1. The molecule has 15 heteroatoms. The number of hydrogen-bond donors (Lipinski definition) is 3. The molecule has 0 spiro atoms. The van der Waals surface area contributed by atoms with Crippen LogP contribution in [-0.4, -0.2) is 46.0 Å². The van der Waals surface area contributed by atoms with Crippen molar-refractivity contribution in [3.8, 4) is 11.5 Å². The Morgan fingerprint density at radius 1 is 0.829 bits per heavy atom. The molecule has 0 aliphatic carbocycles. The van der Waals surface area contributed by atoms with Gasteiger partial charge in [-0.3, -0.25) is 4.55 Å². The van der Waals surface area contributed by atoms with Gasteiger partial charge in [0.25, 0.3) is 0 Å². The highest BCUT2D eigenvalue weighted by atomic mass is 32.3. The molecule has 4 rings (SSSR count). The third-order valence-electron chi connectivity index (χ3n) is 5.80. The maximum absolute atomic E-state index is 12.4. The van der Waals surface area contributed by atoms with Crippen LogP contribution in [0.15, 0.2) is 92.1 Å². The van der Waals surface area contributed by atoms with Crippen LogP contribution >= 0.6 is 0 Å². The van der Waals surface area contributed by atoms with E-state index in [0.29, 0.717) is 27.9 Å². The SMILES string of the molecule is COc1cc(C)ccc1N=Nc1ccc2c(N=Nc3ccc(S(=O)(=O)CCOS(=O)(=O)O)cc3)c(N)ccc2c1O. The number of nitrogen functional groups attached to an aromatic ring is 1. The van der Waals surface area contributed by atoms with Gasteiger partial charge in [0.05, 0.1) is 35.7 Å². The van der Waals surface area contributed by atoms with Crippen molar-refractivity contribution < 1.29 is 35.4 Å². The van der Waals surface area contributed by atoms with Crippen molar-refractivity contribution in [2.45, 2.75) is 11.8 Å². The molecule has 0 aliphatic heterocycles. The Balaban J connectivity index is 1.58. The Bertz CT molecular complexity index is 1870. The van der Waals surface area contributed by atoms with E-state index in [1.165, 1.54) is 31.4 Å². The number of phenols is 1. The minimum atomic E-state index is -4.74. The Kier molecular flexibility index (Phi) is 8.63. The molecule has 4 aromatic carbocycles. The fraction of sp³-hybridized carbons (Fsp3) is 0.154. The zero-order chi connectivity index (χ0) is 29.8. The summed E-state index contributed by atoms with van der Waals surface area (Å²) < 4.78 is 64.0. The van der Waals surface area contributed by atoms with E-state index in [0.717, 1.165) is 5.56 Å². The summed E-state index contributed by atoms with van der Waals surface area (Å²) in [6, 6.07) is 17.2. The molecule has 214 valence electrons. The molecule has 4 aromatic rings. The molecule has 0 unspecified atom stereocenters. The highest BCUT2D eigenvalue weighted by molar-refractivity contribution is 7.91. The number of hydrogen-bond acceptors (Lipinski definition) is 12. The molecule has 0 amide bonds. The number of sulfone groups is 1. The Morgan fingerprint density at radius 3 is 2.17 bits per heavy atom. The lowest BCUT2D eigenvalue weighted by Crippen LogP contribution is -2.15. The van der Waals surface area contributed by atoms with Crippen LogP contribution in [0.4, 0.5) is 28.4 Å². The maximum Gasteiger partial charge on any atom is 0.397 e. The molecule has 0 fully saturated rings. The van der Waals surface area contributed by atoms with Crippen LogP contribution in [0.5, 0.6) is 11.5 Å². The van der Waals surface area contributed by atoms with Gasteiger partial charge in [0.15, 0.2) is 15.6 Å². The molecule has 0 aromatic heterocycles. The predicted molar refractivity (Wildman–Crippen MR) is 152 cm³/mol. The van der Waals surface area contributed by atoms with E-state index in [1.807, 2.05) is 19.1 Å². The summed E-state index contributed by atoms with van der Waals surface area (Å²) in [5.41, 5.74) is 8.71. The lowest BCUT2D eigenvalue weighted by Gasteiger charge is -2.09. The zero-order valence-corrected chi connectivity index (χ0v) is 23.4. The molecule has 0 bridgehead atoms. The summed E-state index contributed by atoms with van der Waals surface area (Å²) in [5.74, 6) is -0.258. The summed E-state index contributed by atoms with van der Waals surface area (Å²) in [6.07, 6.45) is 0. The van der Waals surface area contributed by atoms with E-state index >= 15 is 0 Å². The van der Waals surface area contributed by atoms with E-state index in [9.17, 15) is 21.9 Å². The molecule has 4 N–H and O–H groups in total. The molecule has 0 radical (unpaired) electrons. The second kappa shape index (κ2) is 12.0. The molecular weight excluding hydrogens is 574 g/mol. The third kappa shape index (κ3) is 7.20. The Morgan fingerprint density at radius 2 is 1.49 bits per heavy atom. The monoisotopic (exact) mass is 599 g/mol. The van der Waals surface area contributed by atoms with Gasteiger partial charge in [-0.25, -0.2) is 12.6 Å². The lowest BCUT2D eigenvalue weighted by molar-refractivity contribution is 0.284. The molecule has 41 heavy (non-hydrogen) atoms. The second-order valence-corrected chi connectivity index (χ2v) is 11.9. The van der Waals surface area contributed by atoms with E-state index in [1.54, 1.807) is 30.3 Å². The summed E-state index contributed by atoms with van der Waals surface area (Å²) in [5, 5.41) is 28.6. The quantitative estimate of drug-likeness (QED) is 0.113. The topological polar surface area (TPSA) is 203 Å². The van der Waals surface area contributed by atoms with Crippen LogP contribution < -0.4 is 10.5 Å². The number of nitrogens with two attached hydrogens (primary N) is 1. The predicted octanol–water partition coefficient (Wildman–Crippen LogP) is 5.87. The van der Waals surface area contributed by atoms with Crippen LogP contribution in [0.25, 0.3) is 10.8 Å². The van der Waals surface area contributed by atoms with Crippen LogP contribution in [-0.2, 0) is 24.4 Å². The normalized spacial score (nSPS) is 12.5. The summed E-state index contributed by atoms with van der Waals surface area (Å²) >= 11 is 0. The van der Waals surface area contributed by atoms with Crippen molar-refractivity contribution >= 4 is 59.4 Å². The number of anilines is 1. The van der Waals surface area contributed by atoms with Crippen LogP contribution in [0.1, 0.15) is 5.56 Å². The number of phenolic OH excluding ortho intramolecular Hbond substituents is 1. The summed E-state index contributed by atoms with van der Waals surface area (Å²) in [7, 11) is -7.10. The van der Waals surface area contributed by atoms with Gasteiger partial charge >= 0.3 is 10.4 Å². The Labute approximate surface area is 235 Å². The lowest BCUT2D eigenvalue weighted by atomic mass is 10.1. The largest absolute Gasteiger partial charge is 0.505 e. The molecule has 0 saturated carbocycles. The highest BCUT2D eigenvalue weighted by Crippen LogP contribution is 2.42. The van der Waals surface area contributed by atoms with E-state index < -0.39 is 32.6 Å². The number of rotatable bonds is 10. The number of azo groups is 2. The first kappa shape index (κ1) is 29.5. The molecule has 0 saturated heterocycles. The standard InChI is InChI=1S/C26H25N5O8S2/c1-16-3-11-22(24(15-16)38-2)29-30-23-12-9-19-20(26(23)32)8-10-21(27)25(19)31-28-17-4-6-18(7-5-17)40(33,34)14-13-39-41(35,36)37/h3-12,15,32H,13-14,27H2,1-2H3,(H,35,36,37). The second-order valence-electron chi connectivity index (χ2n) is 8.67. The third-order valence-corrected chi connectivity index (χ3v) is 7.96. The Hall–Kier alpha value is -4.44. The van der Waals surface area contributed by atoms with Gasteiger partial charge < -0.3 is 15.6 Å². The van der Waals surface area contributed by atoms with Crippen LogP contribution in [0.3, 0.4) is 0 Å². The van der Waals surface area contributed by atoms with E-state index in [4.69, 9.17) is 15.0 Å². The fourth-order valence-electron chi connectivity index (χ4n) is 3.74. The number of fused-ring (bicyclic) bond motifs is 1. The number of aromatic hydroxyl groups is 1. The molecule has 0 heterocycles. The average Bonchev–Trinajstić information content (AvgIpc) is 2.92. The van der Waals surface area contributed by atoms with Crippen molar-refractivity contribution in [1.82, 2.24) is 0 Å². The number of methoxy groups -OCH3 is 1. The average molecular weight is 600 g/mol. The van der Waals surface area contributed by atoms with Crippen LogP contribution in [0, 0.1) is 6.92 Å². The van der Waals surface area contributed by atoms with Gasteiger partial charge in [0.2, 0.25) is 0 Å². The smallest absolute Gasteiger partial charge is 0.397 e. The molecular formula is C26H25N5O8S2. The van der Waals surface area contributed by atoms with Gasteiger partial charge in [-0.05, 0) is 73.2 Å². The first-order valence-electron chi connectivity index (χ1n) is 11.8. The van der Waals surface area contributed by atoms with Crippen molar-refractivity contribution in [3.63, 3.8) is 0 Å². The minimum absolute atomic E-state index is 0.102. The van der Waals surface area contributed by atoms with Gasteiger partial charge in [-0.2, -0.15) is 13.5 Å². The van der Waals surface area contributed by atoms with Crippen LogP contribution in [0.2, 0.25) is 0 Å². The molecule has 0 aliphatic rings. The number of nitrogens with zero attached hydrogens (tertiary/aromatic N) is 4. The van der Waals surface area contributed by atoms with E-state index in [-0.39, 0.29) is 27.7 Å². The van der Waals surface area contributed by atoms with Crippen molar-refractivity contribution in [3.05, 3.63) is 72.3 Å². The summed E-state index contributed by atoms with van der Waals surface area (Å²) in [6.45, 7) is 1.19. The molecule has 0 atom stereocenters. The van der Waals surface area contributed by atoms with Gasteiger partial charge in [0.1, 0.15) is 22.8 Å². The molecule has 13 nitrogen and oxygen atoms in total. The van der Waals surface area contributed by atoms with Crippen molar-refractivity contribution in [2.75, 3.05) is 25.2 Å². The van der Waals surface area contributed by atoms with Gasteiger partial charge in [-0.15, -0.1) is 15.3 Å². The highest BCUT2D eigenvalue weighted by Gasteiger charge is 2.17. The zero-order valence-electron chi connectivity index (χ0n) is 21.8. The first-order chi connectivity index (χ1) is 19.4. The van der Waals surface area contributed by atoms with Gasteiger partial charge in [-0.1, -0.05) is 6.07 Å². The first-order valence-corrected chi connectivity index (χ1v) is 14.9.